The quantitative estimate of drug-likeness (QED) is 0.284. The van der Waals surface area contributed by atoms with Gasteiger partial charge in [-0.25, -0.2) is 14.0 Å². The van der Waals surface area contributed by atoms with Gasteiger partial charge < -0.3 is 28.5 Å². The minimum atomic E-state index is -0.897. The molecule has 1 unspecified atom stereocenters. The summed E-state index contributed by atoms with van der Waals surface area (Å²) in [7, 11) is 3.40. The molecule has 0 aliphatic rings. The van der Waals surface area contributed by atoms with E-state index >= 15 is 0 Å². The molecule has 32 heavy (non-hydrogen) atoms. The smallest absolute Gasteiger partial charge is 0.391 e. The lowest BCUT2D eigenvalue weighted by Gasteiger charge is -2.14. The molecule has 0 spiro atoms. The van der Waals surface area contributed by atoms with Crippen LogP contribution in [0.2, 0.25) is 0 Å². The summed E-state index contributed by atoms with van der Waals surface area (Å²) in [6.45, 7) is -0.0603. The lowest BCUT2D eigenvalue weighted by molar-refractivity contribution is -0.270. The molecule has 0 aliphatic carbocycles. The van der Waals surface area contributed by atoms with Crippen LogP contribution in [0.3, 0.4) is 0 Å². The first-order valence-electron chi connectivity index (χ1n) is 9.33. The van der Waals surface area contributed by atoms with Gasteiger partial charge in [-0.3, -0.25) is 0 Å². The molecule has 0 aliphatic heterocycles. The molecule has 170 valence electrons. The fraction of sp³-hybridized carbons (Fsp3) is 0.273. The Morgan fingerprint density at radius 1 is 1.09 bits per heavy atom. The van der Waals surface area contributed by atoms with E-state index in [9.17, 15) is 19.1 Å². The Morgan fingerprint density at radius 2 is 1.75 bits per heavy atom. The van der Waals surface area contributed by atoms with Crippen molar-refractivity contribution in [3.8, 4) is 23.0 Å². The second-order valence-electron chi connectivity index (χ2n) is 6.58. The van der Waals surface area contributed by atoms with Crippen molar-refractivity contribution in [2.75, 3.05) is 39.9 Å². The molecule has 0 radical (unpaired) electrons. The van der Waals surface area contributed by atoms with Crippen LogP contribution in [0.25, 0.3) is 11.0 Å². The number of benzene rings is 2. The SMILES string of the molecule is COc1cc(C(=O)OCC[S+](C)c2c([O-])c3cc(F)ccc3oc2=O)cc(OC)c1OC. The van der Waals surface area contributed by atoms with Gasteiger partial charge in [0.15, 0.2) is 11.5 Å². The zero-order valence-corrected chi connectivity index (χ0v) is 18.7. The van der Waals surface area contributed by atoms with Crippen molar-refractivity contribution in [2.24, 2.45) is 0 Å². The Morgan fingerprint density at radius 3 is 2.34 bits per heavy atom. The summed E-state index contributed by atoms with van der Waals surface area (Å²) in [5, 5.41) is 12.7. The average Bonchev–Trinajstić information content (AvgIpc) is 2.78. The lowest BCUT2D eigenvalue weighted by Crippen LogP contribution is -2.22. The lowest BCUT2D eigenvalue weighted by atomic mass is 10.2. The summed E-state index contributed by atoms with van der Waals surface area (Å²) in [6.07, 6.45) is 1.66. The van der Waals surface area contributed by atoms with Gasteiger partial charge >= 0.3 is 11.6 Å². The van der Waals surface area contributed by atoms with E-state index < -0.39 is 34.1 Å². The molecule has 1 atom stereocenters. The maximum absolute atomic E-state index is 13.5. The second kappa shape index (κ2) is 9.82. The molecule has 0 saturated heterocycles. The van der Waals surface area contributed by atoms with Crippen LogP contribution >= 0.6 is 0 Å². The fourth-order valence-electron chi connectivity index (χ4n) is 3.07. The Hall–Kier alpha value is -3.40. The fourth-order valence-corrected chi connectivity index (χ4v) is 4.36. The molecule has 0 saturated carbocycles. The maximum atomic E-state index is 13.5. The number of carbonyl (C=O) groups is 1. The minimum absolute atomic E-state index is 0.00614. The summed E-state index contributed by atoms with van der Waals surface area (Å²) < 4.78 is 39.6. The van der Waals surface area contributed by atoms with Gasteiger partial charge in [-0.1, -0.05) is 0 Å². The van der Waals surface area contributed by atoms with Crippen molar-refractivity contribution in [3.05, 3.63) is 52.1 Å². The Kier molecular flexibility index (Phi) is 7.14. The molecule has 0 amide bonds. The van der Waals surface area contributed by atoms with Crippen molar-refractivity contribution >= 4 is 27.8 Å². The van der Waals surface area contributed by atoms with Gasteiger partial charge in [0.2, 0.25) is 10.6 Å². The first-order chi connectivity index (χ1) is 15.3. The van der Waals surface area contributed by atoms with Crippen LogP contribution in [0.1, 0.15) is 10.4 Å². The molecular formula is C22H21FO8S. The predicted octanol–water partition coefficient (Wildman–Crippen LogP) is 2.50. The van der Waals surface area contributed by atoms with Crippen LogP contribution in [-0.2, 0) is 15.6 Å². The van der Waals surface area contributed by atoms with E-state index in [0.717, 1.165) is 12.1 Å². The molecule has 10 heteroatoms. The van der Waals surface area contributed by atoms with Gasteiger partial charge in [0.25, 0.3) is 0 Å². The standard InChI is InChI=1S/C22H21FO8S/c1-27-16-9-12(10-17(28-2)19(16)29-3)21(25)30-7-8-32(4)20-18(24)14-11-13(23)5-6-15(14)31-22(20)26/h5-6,9-11H,7-8H2,1-4H3. The second-order valence-corrected chi connectivity index (χ2v) is 8.67. The predicted molar refractivity (Wildman–Crippen MR) is 115 cm³/mol. The molecule has 3 aromatic rings. The molecule has 0 bridgehead atoms. The topological polar surface area (TPSA) is 107 Å². The van der Waals surface area contributed by atoms with Crippen LogP contribution in [0.15, 0.2) is 44.4 Å². The molecule has 0 fully saturated rings. The van der Waals surface area contributed by atoms with Crippen molar-refractivity contribution in [2.45, 2.75) is 4.90 Å². The number of rotatable bonds is 8. The van der Waals surface area contributed by atoms with Gasteiger partial charge in [0, 0.05) is 16.3 Å². The first kappa shape index (κ1) is 23.3. The number of fused-ring (bicyclic) bond motifs is 1. The normalized spacial score (nSPS) is 11.8. The third-order valence-corrected chi connectivity index (χ3v) is 6.48. The number of carbonyl (C=O) groups excluding carboxylic acids is 1. The van der Waals surface area contributed by atoms with Crippen LogP contribution in [0.5, 0.6) is 23.0 Å². The highest BCUT2D eigenvalue weighted by atomic mass is 32.2. The highest BCUT2D eigenvalue weighted by molar-refractivity contribution is 7.96. The number of hydrogen-bond donors (Lipinski definition) is 0. The van der Waals surface area contributed by atoms with Crippen molar-refractivity contribution in [1.29, 1.82) is 0 Å². The van der Waals surface area contributed by atoms with Crippen LogP contribution in [0.4, 0.5) is 4.39 Å². The van der Waals surface area contributed by atoms with E-state index in [1.54, 1.807) is 6.26 Å². The van der Waals surface area contributed by atoms with E-state index in [-0.39, 0.29) is 33.8 Å². The van der Waals surface area contributed by atoms with Gasteiger partial charge in [-0.2, -0.15) is 0 Å². The van der Waals surface area contributed by atoms with Crippen LogP contribution < -0.4 is 24.9 Å². The number of esters is 1. The summed E-state index contributed by atoms with van der Waals surface area (Å²) in [4.78, 5) is 24.7. The largest absolute Gasteiger partial charge is 0.868 e. The third kappa shape index (κ3) is 4.59. The number of hydrogen-bond acceptors (Lipinski definition) is 8. The van der Waals surface area contributed by atoms with Gasteiger partial charge in [-0.15, -0.1) is 0 Å². The van der Waals surface area contributed by atoms with Gasteiger partial charge in [0.1, 0.15) is 30.0 Å². The van der Waals surface area contributed by atoms with Crippen LogP contribution in [0, 0.1) is 5.82 Å². The Balaban J connectivity index is 1.75. The molecule has 8 nitrogen and oxygen atoms in total. The molecular weight excluding hydrogens is 443 g/mol. The zero-order valence-electron chi connectivity index (χ0n) is 17.9. The molecule has 1 aromatic heterocycles. The molecule has 0 N–H and O–H groups in total. The number of methoxy groups -OCH3 is 3. The van der Waals surface area contributed by atoms with Gasteiger partial charge in [0.05, 0.1) is 26.9 Å². The van der Waals surface area contributed by atoms with Crippen LogP contribution in [-0.4, -0.2) is 45.9 Å². The average molecular weight is 464 g/mol. The summed E-state index contributed by atoms with van der Waals surface area (Å²) >= 11 is 0. The summed E-state index contributed by atoms with van der Waals surface area (Å²) in [5.74, 6) is -0.698. The van der Waals surface area contributed by atoms with E-state index in [0.29, 0.717) is 17.2 Å². The Bertz CT molecular complexity index is 1180. The molecule has 3 rings (SSSR count). The highest BCUT2D eigenvalue weighted by Gasteiger charge is 2.25. The number of halogens is 1. The Labute approximate surface area is 185 Å². The minimum Gasteiger partial charge on any atom is -0.868 e. The highest BCUT2D eigenvalue weighted by Crippen LogP contribution is 2.38. The van der Waals surface area contributed by atoms with E-state index in [4.69, 9.17) is 23.4 Å². The summed E-state index contributed by atoms with van der Waals surface area (Å²) in [6, 6.07) is 6.30. The van der Waals surface area contributed by atoms with Gasteiger partial charge in [-0.05, 0) is 36.1 Å². The van der Waals surface area contributed by atoms with Crippen molar-refractivity contribution in [3.63, 3.8) is 0 Å². The maximum Gasteiger partial charge on any atom is 0.391 e. The van der Waals surface area contributed by atoms with E-state index in [1.807, 2.05) is 0 Å². The first-order valence-corrected chi connectivity index (χ1v) is 11.1. The number of ether oxygens (including phenoxy) is 4. The summed E-state index contributed by atoms with van der Waals surface area (Å²) in [5.41, 5.74) is -0.576. The zero-order chi connectivity index (χ0) is 23.4. The third-order valence-electron chi connectivity index (χ3n) is 4.65. The van der Waals surface area contributed by atoms with Crippen molar-refractivity contribution < 1.29 is 37.7 Å². The monoisotopic (exact) mass is 464 g/mol. The molecule has 2 aromatic carbocycles. The molecule has 1 heterocycles. The van der Waals surface area contributed by atoms with E-state index in [1.165, 1.54) is 39.5 Å². The van der Waals surface area contributed by atoms with E-state index in [2.05, 4.69) is 0 Å². The van der Waals surface area contributed by atoms with Crippen molar-refractivity contribution in [1.82, 2.24) is 0 Å².